The summed E-state index contributed by atoms with van der Waals surface area (Å²) in [5, 5.41) is 21.3. The second-order valence-electron chi connectivity index (χ2n) is 24.6. The van der Waals surface area contributed by atoms with E-state index in [1.807, 2.05) is 0 Å². The lowest BCUT2D eigenvalue weighted by atomic mass is 9.31. The fraction of sp³-hybridized carbons (Fsp3) is 0. The van der Waals surface area contributed by atoms with Crippen LogP contribution in [0.5, 0.6) is 0 Å². The van der Waals surface area contributed by atoms with Crippen molar-refractivity contribution < 1.29 is 0 Å². The molecule has 9 aliphatic heterocycles. The van der Waals surface area contributed by atoms with Crippen LogP contribution >= 0.6 is 0 Å². The summed E-state index contributed by atoms with van der Waals surface area (Å²) in [6.07, 6.45) is 0. The summed E-state index contributed by atoms with van der Waals surface area (Å²) >= 11 is 0. The molecule has 0 atom stereocenters. The van der Waals surface area contributed by atoms with Crippen molar-refractivity contribution in [1.29, 1.82) is 0 Å². The Balaban J connectivity index is 1.05. The second kappa shape index (κ2) is 15.1. The maximum atomic E-state index is 4.43. The summed E-state index contributed by atoms with van der Waals surface area (Å²) in [6.45, 7) is -0.0327. The lowest BCUT2D eigenvalue weighted by Crippen LogP contribution is -2.64. The number of fused-ring (bicyclic) bond motifs is 33. The topological polar surface area (TPSA) is 45.8 Å². The summed E-state index contributed by atoms with van der Waals surface area (Å²) in [5.74, 6) is 0. The van der Waals surface area contributed by atoms with E-state index in [1.54, 1.807) is 0 Å². The molecule has 13 aromatic carbocycles. The Morgan fingerprint density at radius 3 is 0.833 bits per heavy atom. The summed E-state index contributed by atoms with van der Waals surface area (Å²) in [4.78, 5) is 8.03. The van der Waals surface area contributed by atoms with E-state index in [0.29, 0.717) is 0 Å². The molecule has 13 aromatic rings. The van der Waals surface area contributed by atoms with Gasteiger partial charge in [0.15, 0.2) is 21.8 Å². The molecule has 6 nitrogen and oxygen atoms in total. The van der Waals surface area contributed by atoms with Crippen molar-refractivity contribution >= 4 is 242 Å². The van der Waals surface area contributed by atoms with Crippen molar-refractivity contribution in [3.05, 3.63) is 218 Å². The molecule has 0 saturated heterocycles. The van der Waals surface area contributed by atoms with E-state index in [4.69, 9.17) is 0 Å². The third-order valence-electron chi connectivity index (χ3n) is 21.0. The molecule has 378 valence electrons. The summed E-state index contributed by atoms with van der Waals surface area (Å²) in [5.41, 5.74) is 39.0. The smallest absolute Gasteiger partial charge is 0.252 e. The predicted molar refractivity (Wildman–Crippen MR) is 365 cm³/mol. The molecule has 0 aromatic heterocycles. The van der Waals surface area contributed by atoms with Crippen molar-refractivity contribution in [2.75, 3.05) is 30.7 Å². The molecule has 22 rings (SSSR count). The second-order valence-corrected chi connectivity index (χ2v) is 24.6. The molecule has 0 saturated carbocycles. The first-order valence-electron chi connectivity index (χ1n) is 29.9. The van der Waals surface area contributed by atoms with Gasteiger partial charge in [0.1, 0.15) is 0 Å². The number of nitrogens with one attached hydrogen (secondary N) is 3. The van der Waals surface area contributed by atoms with Gasteiger partial charge in [0, 0.05) is 101 Å². The van der Waals surface area contributed by atoms with Crippen molar-refractivity contribution in [3.8, 4) is 0 Å². The highest BCUT2D eigenvalue weighted by molar-refractivity contribution is 7.04. The van der Waals surface area contributed by atoms with Crippen LogP contribution in [0.2, 0.25) is 0 Å². The van der Waals surface area contributed by atoms with E-state index in [1.165, 1.54) is 200 Å². The minimum atomic E-state index is -0.0129. The standard InChI is InChI=1S/C72H42B6N6/c1-13-31-49-37(19-1)73-61-55-56-59(68-65-71-62(56)74-38-20-2-14-32-50(38)83(71)53-35-17-8-26-44(53)77(65)41-23-5-11-29-47(41)80-68)60-57(58(55)67-64-70(61)82(49)52-34-16-7-25-43(52)76(64)40-22-4-10-28-46(40)79-67)63-72-66-69(60)81-48-30-12-6-24-42(48)78(66)45-27-9-18-36-54(45)84(72)51-33-15-3-21-39(51)75-63/h1-36,73-75,79-81H. The lowest BCUT2D eigenvalue weighted by molar-refractivity contribution is 1.30. The zero-order valence-corrected chi connectivity index (χ0v) is 45.5. The fourth-order valence-electron chi connectivity index (χ4n) is 18.1. The summed E-state index contributed by atoms with van der Waals surface area (Å²) < 4.78 is 0. The van der Waals surface area contributed by atoms with Gasteiger partial charge in [0.25, 0.3) is 20.1 Å². The number of hydrogen-bond donors (Lipinski definition) is 3. The first-order valence-corrected chi connectivity index (χ1v) is 29.9. The molecule has 0 radical (unpaired) electrons. The van der Waals surface area contributed by atoms with E-state index in [-0.39, 0.29) is 20.1 Å². The van der Waals surface area contributed by atoms with Crippen LogP contribution in [0.15, 0.2) is 218 Å². The maximum absolute atomic E-state index is 4.43. The number of nitrogens with zero attached hydrogens (tertiary/aromatic N) is 3. The van der Waals surface area contributed by atoms with Gasteiger partial charge in [-0.15, -0.1) is 0 Å². The zero-order valence-electron chi connectivity index (χ0n) is 45.5. The van der Waals surface area contributed by atoms with Crippen molar-refractivity contribution in [1.82, 2.24) is 0 Å². The van der Waals surface area contributed by atoms with E-state index in [9.17, 15) is 0 Å². The van der Waals surface area contributed by atoms with Gasteiger partial charge in [0.2, 0.25) is 0 Å². The van der Waals surface area contributed by atoms with E-state index < -0.39 is 0 Å². The molecule has 0 spiro atoms. The van der Waals surface area contributed by atoms with Gasteiger partial charge < -0.3 is 30.7 Å². The van der Waals surface area contributed by atoms with Crippen LogP contribution in [0.1, 0.15) is 0 Å². The lowest BCUT2D eigenvalue weighted by Gasteiger charge is -2.48. The van der Waals surface area contributed by atoms with Gasteiger partial charge in [0.05, 0.1) is 0 Å². The van der Waals surface area contributed by atoms with Crippen LogP contribution < -0.4 is 113 Å². The summed E-state index contributed by atoms with van der Waals surface area (Å²) in [7, 11) is 2.37. The van der Waals surface area contributed by atoms with E-state index in [2.05, 4.69) is 249 Å². The van der Waals surface area contributed by atoms with E-state index in [0.717, 1.165) is 21.8 Å². The minimum absolute atomic E-state index is 0.00859. The molecule has 0 bridgehead atoms. The highest BCUT2D eigenvalue weighted by atomic mass is 15.2. The van der Waals surface area contributed by atoms with Gasteiger partial charge in [-0.3, -0.25) is 0 Å². The molecule has 0 aliphatic carbocycles. The van der Waals surface area contributed by atoms with Crippen molar-refractivity contribution in [3.63, 3.8) is 0 Å². The number of hydrogen-bond acceptors (Lipinski definition) is 6. The van der Waals surface area contributed by atoms with Crippen molar-refractivity contribution in [2.45, 2.75) is 0 Å². The molecule has 3 N–H and O–H groups in total. The van der Waals surface area contributed by atoms with Gasteiger partial charge in [-0.1, -0.05) is 180 Å². The highest BCUT2D eigenvalue weighted by Gasteiger charge is 2.51. The first-order chi connectivity index (χ1) is 41.7. The maximum Gasteiger partial charge on any atom is 0.252 e. The Bertz CT molecular complexity index is 4490. The predicted octanol–water partition coefficient (Wildman–Crippen LogP) is 5.32. The molecule has 0 amide bonds. The molecule has 9 heterocycles. The number of rotatable bonds is 0. The number of benzene rings is 13. The van der Waals surface area contributed by atoms with Gasteiger partial charge in [-0.2, -0.15) is 0 Å². The van der Waals surface area contributed by atoms with Crippen LogP contribution in [0.3, 0.4) is 0 Å². The Hall–Kier alpha value is -10.2. The molecule has 0 unspecified atom stereocenters. The number of anilines is 15. The molecular weight excluding hydrogens is 1010 g/mol. The quantitative estimate of drug-likeness (QED) is 0.142. The average Bonchev–Trinajstić information content (AvgIpc) is 0.705. The highest BCUT2D eigenvalue weighted by Crippen LogP contribution is 2.54. The van der Waals surface area contributed by atoms with Crippen LogP contribution in [0, 0.1) is 0 Å². The van der Waals surface area contributed by atoms with Gasteiger partial charge >= 0.3 is 0 Å². The normalized spacial score (nSPS) is 14.9. The Morgan fingerprint density at radius 1 is 0.250 bits per heavy atom. The van der Waals surface area contributed by atoms with Gasteiger partial charge in [-0.25, -0.2) is 0 Å². The molecule has 9 aliphatic rings. The van der Waals surface area contributed by atoms with Crippen LogP contribution in [-0.4, -0.2) is 42.0 Å². The largest absolute Gasteiger partial charge is 0.356 e. The minimum Gasteiger partial charge on any atom is -0.356 e. The van der Waals surface area contributed by atoms with Gasteiger partial charge in [-0.05, 0) is 136 Å². The van der Waals surface area contributed by atoms with Crippen molar-refractivity contribution in [2.24, 2.45) is 0 Å². The SMILES string of the molecule is B1c2ccccc2N2c3ccccc3B3c4ccccc4Nc4c3c2c1c1c2c3c5c6c(c2c2c7c8c9c(c2c41)Bc1ccccc1N9c1ccccc1B8c1ccccc1N7)Nc1ccccc1B6c1ccccc1N5c1ccccc1B3. The first kappa shape index (κ1) is 43.5. The Kier molecular flexibility index (Phi) is 7.82. The average molecular weight is 1060 g/mol. The molecule has 0 fully saturated rings. The third kappa shape index (κ3) is 4.99. The Labute approximate surface area is 487 Å². The molecular formula is C72H42B6N6. The van der Waals surface area contributed by atoms with E-state index >= 15 is 0 Å². The zero-order chi connectivity index (χ0) is 53.9. The third-order valence-corrected chi connectivity index (χ3v) is 21.0. The monoisotopic (exact) mass is 1060 g/mol. The summed E-state index contributed by atoms with van der Waals surface area (Å²) in [6, 6.07) is 83.4. The fourth-order valence-corrected chi connectivity index (χ4v) is 18.1. The molecule has 12 heteroatoms. The molecule has 84 heavy (non-hydrogen) atoms. The Morgan fingerprint density at radius 2 is 0.500 bits per heavy atom. The number of para-hydroxylation sites is 9. The van der Waals surface area contributed by atoms with Crippen LogP contribution in [0.25, 0.3) is 32.3 Å². The van der Waals surface area contributed by atoms with Crippen LogP contribution in [-0.2, 0) is 0 Å². The van der Waals surface area contributed by atoms with Crippen LogP contribution in [0.4, 0.5) is 85.3 Å².